The van der Waals surface area contributed by atoms with Crippen molar-refractivity contribution >= 4 is 15.7 Å². The number of hydrogen-bond donors (Lipinski definition) is 1. The largest absolute Gasteiger partial charge is 0.456 e. The van der Waals surface area contributed by atoms with Crippen LogP contribution in [-0.2, 0) is 10.0 Å². The van der Waals surface area contributed by atoms with E-state index in [2.05, 4.69) is 4.72 Å². The molecule has 5 nitrogen and oxygen atoms in total. The Morgan fingerprint density at radius 3 is 2.27 bits per heavy atom. The zero-order valence-electron chi connectivity index (χ0n) is 12.7. The highest BCUT2D eigenvalue weighted by Crippen LogP contribution is 2.27. The summed E-state index contributed by atoms with van der Waals surface area (Å²) < 4.78 is 30.2. The van der Waals surface area contributed by atoms with Crippen molar-refractivity contribution in [3.8, 4) is 17.6 Å². The molecule has 0 aliphatic carbocycles. The van der Waals surface area contributed by atoms with Crippen LogP contribution in [0.1, 0.15) is 19.4 Å². The summed E-state index contributed by atoms with van der Waals surface area (Å²) in [5.74, 6) is 0.977. The van der Waals surface area contributed by atoms with Crippen molar-refractivity contribution in [3.63, 3.8) is 0 Å². The number of nitrogens with zero attached hydrogens (tertiary/aromatic N) is 1. The molecule has 22 heavy (non-hydrogen) atoms. The Hall–Kier alpha value is -2.52. The molecular formula is C16H18N2O3S. The van der Waals surface area contributed by atoms with Crippen LogP contribution >= 0.6 is 0 Å². The third-order valence-electron chi connectivity index (χ3n) is 2.37. The number of para-hydroxylation sites is 1. The van der Waals surface area contributed by atoms with Gasteiger partial charge in [0.15, 0.2) is 0 Å². The lowest BCUT2D eigenvalue weighted by atomic mass is 10.2. The van der Waals surface area contributed by atoms with Gasteiger partial charge in [-0.15, -0.1) is 0 Å². The van der Waals surface area contributed by atoms with Gasteiger partial charge in [-0.1, -0.05) is 32.0 Å². The zero-order chi connectivity index (χ0) is 16.6. The molecule has 0 atom stereocenters. The maximum atomic E-state index is 11.2. The van der Waals surface area contributed by atoms with Gasteiger partial charge in [0, 0.05) is 0 Å². The molecule has 0 radical (unpaired) electrons. The predicted molar refractivity (Wildman–Crippen MR) is 87.5 cm³/mol. The number of ether oxygens (including phenoxy) is 1. The summed E-state index contributed by atoms with van der Waals surface area (Å²) in [5.41, 5.74) is 0.576. The first kappa shape index (κ1) is 17.5. The van der Waals surface area contributed by atoms with E-state index in [0.717, 1.165) is 6.26 Å². The Kier molecular flexibility index (Phi) is 6.42. The van der Waals surface area contributed by atoms with E-state index in [1.54, 1.807) is 24.3 Å². The number of rotatable bonds is 4. The Bertz CT molecular complexity index is 751. The number of nitriles is 1. The van der Waals surface area contributed by atoms with Gasteiger partial charge < -0.3 is 4.74 Å². The minimum absolute atomic E-state index is 0.252. The molecule has 0 saturated heterocycles. The van der Waals surface area contributed by atoms with Crippen LogP contribution in [0.25, 0.3) is 0 Å². The molecule has 2 aromatic rings. The minimum Gasteiger partial charge on any atom is -0.456 e. The van der Waals surface area contributed by atoms with Crippen LogP contribution in [0.3, 0.4) is 0 Å². The third-order valence-corrected chi connectivity index (χ3v) is 2.98. The summed E-state index contributed by atoms with van der Waals surface area (Å²) in [6.07, 6.45) is 1.05. The van der Waals surface area contributed by atoms with Crippen LogP contribution in [0.15, 0.2) is 48.5 Å². The molecule has 116 valence electrons. The van der Waals surface area contributed by atoms with E-state index in [-0.39, 0.29) is 5.56 Å². The number of sulfonamides is 1. The van der Waals surface area contributed by atoms with Crippen LogP contribution in [0.2, 0.25) is 0 Å². The van der Waals surface area contributed by atoms with Gasteiger partial charge in [-0.3, -0.25) is 4.72 Å². The number of anilines is 1. The van der Waals surface area contributed by atoms with Crippen LogP contribution in [0, 0.1) is 11.3 Å². The molecule has 0 heterocycles. The normalized spacial score (nSPS) is 9.91. The van der Waals surface area contributed by atoms with Crippen molar-refractivity contribution in [1.29, 1.82) is 5.26 Å². The Balaban J connectivity index is 0.00000116. The van der Waals surface area contributed by atoms with Crippen molar-refractivity contribution in [1.82, 2.24) is 0 Å². The molecule has 0 unspecified atom stereocenters. The molecular weight excluding hydrogens is 300 g/mol. The summed E-state index contributed by atoms with van der Waals surface area (Å²) in [7, 11) is -3.37. The standard InChI is InChI=1S/C14H12N2O3S.C2H6/c1-20(17,18)16-12-7-8-14(11(9-12)10-15)19-13-5-3-2-4-6-13;1-2/h2-9,16H,1H3;1-2H3. The Labute approximate surface area is 131 Å². The van der Waals surface area contributed by atoms with Gasteiger partial charge in [-0.25, -0.2) is 8.42 Å². The number of benzene rings is 2. The van der Waals surface area contributed by atoms with E-state index in [9.17, 15) is 8.42 Å². The fourth-order valence-corrected chi connectivity index (χ4v) is 2.15. The van der Waals surface area contributed by atoms with E-state index in [1.807, 2.05) is 38.1 Å². The molecule has 0 bridgehead atoms. The Morgan fingerprint density at radius 2 is 1.73 bits per heavy atom. The quantitative estimate of drug-likeness (QED) is 0.931. The summed E-state index contributed by atoms with van der Waals surface area (Å²) in [6, 6.07) is 15.5. The first-order chi connectivity index (χ1) is 10.5. The van der Waals surface area contributed by atoms with Crippen molar-refractivity contribution in [2.45, 2.75) is 13.8 Å². The summed E-state index contributed by atoms with van der Waals surface area (Å²) in [5, 5.41) is 9.11. The molecule has 0 fully saturated rings. The second-order valence-corrected chi connectivity index (χ2v) is 5.86. The molecule has 2 aromatic carbocycles. The third kappa shape index (κ3) is 5.46. The topological polar surface area (TPSA) is 79.2 Å². The van der Waals surface area contributed by atoms with Crippen molar-refractivity contribution in [2.75, 3.05) is 11.0 Å². The number of hydrogen-bond acceptors (Lipinski definition) is 4. The summed E-state index contributed by atoms with van der Waals surface area (Å²) in [6.45, 7) is 4.00. The first-order valence-corrected chi connectivity index (χ1v) is 8.62. The molecule has 1 N–H and O–H groups in total. The van der Waals surface area contributed by atoms with Crippen LogP contribution < -0.4 is 9.46 Å². The number of nitrogens with one attached hydrogen (secondary N) is 1. The average Bonchev–Trinajstić information content (AvgIpc) is 2.50. The maximum absolute atomic E-state index is 11.2. The van der Waals surface area contributed by atoms with Gasteiger partial charge >= 0.3 is 0 Å². The highest BCUT2D eigenvalue weighted by molar-refractivity contribution is 7.92. The van der Waals surface area contributed by atoms with Crippen molar-refractivity contribution in [2.24, 2.45) is 0 Å². The summed E-state index contributed by atoms with van der Waals surface area (Å²) >= 11 is 0. The van der Waals surface area contributed by atoms with E-state index < -0.39 is 10.0 Å². The van der Waals surface area contributed by atoms with Gasteiger partial charge in [0.05, 0.1) is 17.5 Å². The molecule has 0 aliphatic rings. The highest BCUT2D eigenvalue weighted by Gasteiger charge is 2.08. The minimum atomic E-state index is -3.37. The zero-order valence-corrected chi connectivity index (χ0v) is 13.5. The maximum Gasteiger partial charge on any atom is 0.229 e. The lowest BCUT2D eigenvalue weighted by molar-refractivity contribution is 0.481. The molecule has 0 amide bonds. The highest BCUT2D eigenvalue weighted by atomic mass is 32.2. The Morgan fingerprint density at radius 1 is 1.09 bits per heavy atom. The molecule has 0 aromatic heterocycles. The summed E-state index contributed by atoms with van der Waals surface area (Å²) in [4.78, 5) is 0. The fourth-order valence-electron chi connectivity index (χ4n) is 1.60. The van der Waals surface area contributed by atoms with E-state index in [4.69, 9.17) is 10.00 Å². The second-order valence-electron chi connectivity index (χ2n) is 4.11. The SMILES string of the molecule is CC.CS(=O)(=O)Nc1ccc(Oc2ccccc2)c(C#N)c1. The monoisotopic (exact) mass is 318 g/mol. The fraction of sp³-hybridized carbons (Fsp3) is 0.188. The van der Waals surface area contributed by atoms with Gasteiger partial charge in [0.1, 0.15) is 17.6 Å². The average molecular weight is 318 g/mol. The van der Waals surface area contributed by atoms with Gasteiger partial charge in [0.2, 0.25) is 10.0 Å². The van der Waals surface area contributed by atoms with E-state index in [1.165, 1.54) is 6.07 Å². The first-order valence-electron chi connectivity index (χ1n) is 6.73. The lowest BCUT2D eigenvalue weighted by Crippen LogP contribution is -2.09. The van der Waals surface area contributed by atoms with E-state index >= 15 is 0 Å². The van der Waals surface area contributed by atoms with Crippen molar-refractivity contribution < 1.29 is 13.2 Å². The lowest BCUT2D eigenvalue weighted by Gasteiger charge is -2.09. The molecule has 0 spiro atoms. The molecule has 2 rings (SSSR count). The van der Waals surface area contributed by atoms with Crippen molar-refractivity contribution in [3.05, 3.63) is 54.1 Å². The van der Waals surface area contributed by atoms with E-state index in [0.29, 0.717) is 17.2 Å². The van der Waals surface area contributed by atoms with Crippen LogP contribution in [0.4, 0.5) is 5.69 Å². The molecule has 0 saturated carbocycles. The van der Waals surface area contributed by atoms with Gasteiger partial charge in [0.25, 0.3) is 0 Å². The predicted octanol–water partition coefficient (Wildman–Crippen LogP) is 3.75. The molecule has 0 aliphatic heterocycles. The second kappa shape index (κ2) is 8.05. The van der Waals surface area contributed by atoms with Crippen LogP contribution in [0.5, 0.6) is 11.5 Å². The van der Waals surface area contributed by atoms with Gasteiger partial charge in [-0.05, 0) is 30.3 Å². The smallest absolute Gasteiger partial charge is 0.229 e. The van der Waals surface area contributed by atoms with Gasteiger partial charge in [-0.2, -0.15) is 5.26 Å². The molecule has 6 heteroatoms. The van der Waals surface area contributed by atoms with Crippen LogP contribution in [-0.4, -0.2) is 14.7 Å².